The Balaban J connectivity index is 1.62. The van der Waals surface area contributed by atoms with E-state index in [9.17, 15) is 13.2 Å². The zero-order valence-electron chi connectivity index (χ0n) is 16.3. The van der Waals surface area contributed by atoms with Crippen LogP contribution in [0.25, 0.3) is 0 Å². The lowest BCUT2D eigenvalue weighted by Crippen LogP contribution is -2.53. The van der Waals surface area contributed by atoms with E-state index in [1.54, 1.807) is 30.0 Å². The molecule has 1 fully saturated rings. The lowest BCUT2D eigenvalue weighted by atomic mass is 10.2. The fourth-order valence-corrected chi connectivity index (χ4v) is 5.54. The highest BCUT2D eigenvalue weighted by atomic mass is 35.5. The first-order valence-electron chi connectivity index (χ1n) is 9.26. The lowest BCUT2D eigenvalue weighted by molar-refractivity contribution is -0.121. The molecule has 0 aliphatic carbocycles. The van der Waals surface area contributed by atoms with Gasteiger partial charge >= 0.3 is 0 Å². The SMILES string of the molecule is CSc1ccccc1NC(=O)C(C)N1CCN(S(=O)(=O)c2cccc(Cl)c2)CC1. The van der Waals surface area contributed by atoms with E-state index in [0.717, 1.165) is 10.6 Å². The zero-order valence-corrected chi connectivity index (χ0v) is 18.7. The van der Waals surface area contributed by atoms with Crippen molar-refractivity contribution < 1.29 is 13.2 Å². The number of carbonyl (C=O) groups is 1. The van der Waals surface area contributed by atoms with E-state index in [-0.39, 0.29) is 16.8 Å². The summed E-state index contributed by atoms with van der Waals surface area (Å²) in [4.78, 5) is 15.9. The largest absolute Gasteiger partial charge is 0.324 e. The average Bonchev–Trinajstić information content (AvgIpc) is 2.73. The van der Waals surface area contributed by atoms with Crippen LogP contribution in [0.3, 0.4) is 0 Å². The molecule has 6 nitrogen and oxygen atoms in total. The molecule has 156 valence electrons. The minimum Gasteiger partial charge on any atom is -0.324 e. The van der Waals surface area contributed by atoms with Gasteiger partial charge in [0.05, 0.1) is 16.6 Å². The zero-order chi connectivity index (χ0) is 21.0. The summed E-state index contributed by atoms with van der Waals surface area (Å²) in [5, 5.41) is 3.37. The average molecular weight is 454 g/mol. The van der Waals surface area contributed by atoms with Crippen molar-refractivity contribution >= 4 is 45.0 Å². The van der Waals surface area contributed by atoms with Gasteiger partial charge in [-0.25, -0.2) is 8.42 Å². The fourth-order valence-electron chi connectivity index (χ4n) is 3.26. The molecule has 0 saturated carbocycles. The molecule has 1 amide bonds. The number of carbonyl (C=O) groups excluding carboxylic acids is 1. The van der Waals surface area contributed by atoms with Crippen LogP contribution < -0.4 is 5.32 Å². The fraction of sp³-hybridized carbons (Fsp3) is 0.350. The van der Waals surface area contributed by atoms with Crippen molar-refractivity contribution in [3.63, 3.8) is 0 Å². The van der Waals surface area contributed by atoms with E-state index in [0.29, 0.717) is 31.2 Å². The highest BCUT2D eigenvalue weighted by Crippen LogP contribution is 2.25. The Hall–Kier alpha value is -1.58. The Kier molecular flexibility index (Phi) is 7.23. The first-order chi connectivity index (χ1) is 13.8. The van der Waals surface area contributed by atoms with Gasteiger partial charge in [0.15, 0.2) is 0 Å². The van der Waals surface area contributed by atoms with Crippen molar-refractivity contribution in [2.75, 3.05) is 37.8 Å². The number of benzene rings is 2. The van der Waals surface area contributed by atoms with Crippen LogP contribution >= 0.6 is 23.4 Å². The number of nitrogens with one attached hydrogen (secondary N) is 1. The predicted octanol–water partition coefficient (Wildman–Crippen LogP) is 3.40. The Morgan fingerprint density at radius 1 is 1.10 bits per heavy atom. The van der Waals surface area contributed by atoms with Gasteiger partial charge in [0, 0.05) is 36.1 Å². The molecule has 0 aromatic heterocycles. The highest BCUT2D eigenvalue weighted by molar-refractivity contribution is 7.98. The van der Waals surface area contributed by atoms with E-state index in [1.165, 1.54) is 10.4 Å². The number of hydrogen-bond donors (Lipinski definition) is 1. The molecule has 0 spiro atoms. The van der Waals surface area contributed by atoms with Crippen molar-refractivity contribution in [1.29, 1.82) is 0 Å². The van der Waals surface area contributed by atoms with Crippen LogP contribution in [-0.2, 0) is 14.8 Å². The molecule has 1 saturated heterocycles. The molecular weight excluding hydrogens is 430 g/mol. The second kappa shape index (κ2) is 9.49. The quantitative estimate of drug-likeness (QED) is 0.679. The molecule has 1 atom stereocenters. The number of rotatable bonds is 6. The van der Waals surface area contributed by atoms with Crippen LogP contribution in [0.5, 0.6) is 0 Å². The number of para-hydroxylation sites is 1. The minimum absolute atomic E-state index is 0.0994. The van der Waals surface area contributed by atoms with E-state index in [2.05, 4.69) is 5.32 Å². The lowest BCUT2D eigenvalue weighted by Gasteiger charge is -2.36. The van der Waals surface area contributed by atoms with Crippen LogP contribution in [0.4, 0.5) is 5.69 Å². The highest BCUT2D eigenvalue weighted by Gasteiger charge is 2.32. The summed E-state index contributed by atoms with van der Waals surface area (Å²) >= 11 is 7.52. The summed E-state index contributed by atoms with van der Waals surface area (Å²) in [7, 11) is -3.59. The summed E-state index contributed by atoms with van der Waals surface area (Å²) in [6.07, 6.45) is 1.97. The Bertz CT molecular complexity index is 976. The van der Waals surface area contributed by atoms with Crippen LogP contribution in [0, 0.1) is 0 Å². The van der Waals surface area contributed by atoms with Crippen molar-refractivity contribution in [2.24, 2.45) is 0 Å². The molecule has 2 aromatic carbocycles. The number of amides is 1. The van der Waals surface area contributed by atoms with Gasteiger partial charge in [0.2, 0.25) is 15.9 Å². The third kappa shape index (κ3) is 5.13. The molecule has 1 heterocycles. The maximum absolute atomic E-state index is 12.8. The number of thioether (sulfide) groups is 1. The van der Waals surface area contributed by atoms with Gasteiger partial charge in [-0.3, -0.25) is 9.69 Å². The maximum atomic E-state index is 12.8. The normalized spacial score (nSPS) is 17.1. The van der Waals surface area contributed by atoms with Crippen molar-refractivity contribution in [1.82, 2.24) is 9.21 Å². The summed E-state index contributed by atoms with van der Waals surface area (Å²) in [5.41, 5.74) is 0.791. The van der Waals surface area contributed by atoms with Gasteiger partial charge in [-0.2, -0.15) is 4.31 Å². The van der Waals surface area contributed by atoms with Gasteiger partial charge in [-0.1, -0.05) is 29.8 Å². The molecule has 2 aromatic rings. The molecule has 29 heavy (non-hydrogen) atoms. The van der Waals surface area contributed by atoms with E-state index in [4.69, 9.17) is 11.6 Å². The van der Waals surface area contributed by atoms with Gasteiger partial charge in [-0.05, 0) is 43.5 Å². The molecule has 1 N–H and O–H groups in total. The number of nitrogens with zero attached hydrogens (tertiary/aromatic N) is 2. The molecule has 9 heteroatoms. The second-order valence-corrected chi connectivity index (χ2v) is 9.99. The Labute approximate surface area is 181 Å². The topological polar surface area (TPSA) is 69.7 Å². The van der Waals surface area contributed by atoms with Crippen LogP contribution in [0.1, 0.15) is 6.92 Å². The number of anilines is 1. The standard InChI is InChI=1S/C20H24ClN3O3S2/c1-15(20(25)22-18-8-3-4-9-19(18)28-2)23-10-12-24(13-11-23)29(26,27)17-7-5-6-16(21)14-17/h3-9,14-15H,10-13H2,1-2H3,(H,22,25). The van der Waals surface area contributed by atoms with Crippen LogP contribution in [-0.4, -0.2) is 62.0 Å². The smallest absolute Gasteiger partial charge is 0.243 e. The molecule has 3 rings (SSSR count). The summed E-state index contributed by atoms with van der Waals surface area (Å²) < 4.78 is 27.1. The van der Waals surface area contributed by atoms with E-state index >= 15 is 0 Å². The Morgan fingerprint density at radius 3 is 2.45 bits per heavy atom. The summed E-state index contributed by atoms with van der Waals surface area (Å²) in [5.74, 6) is -0.0994. The van der Waals surface area contributed by atoms with Crippen molar-refractivity contribution in [2.45, 2.75) is 22.8 Å². The number of sulfonamides is 1. The van der Waals surface area contributed by atoms with Gasteiger partial charge in [0.25, 0.3) is 0 Å². The van der Waals surface area contributed by atoms with E-state index in [1.807, 2.05) is 42.3 Å². The molecule has 0 bridgehead atoms. The van der Waals surface area contributed by atoms with Crippen molar-refractivity contribution in [3.8, 4) is 0 Å². The van der Waals surface area contributed by atoms with Crippen LogP contribution in [0.2, 0.25) is 5.02 Å². The maximum Gasteiger partial charge on any atom is 0.243 e. The summed E-state index contributed by atoms with van der Waals surface area (Å²) in [6, 6.07) is 13.6. The van der Waals surface area contributed by atoms with Crippen LogP contribution in [0.15, 0.2) is 58.3 Å². The first-order valence-corrected chi connectivity index (χ1v) is 12.3. The van der Waals surface area contributed by atoms with Gasteiger partial charge in [-0.15, -0.1) is 11.8 Å². The monoisotopic (exact) mass is 453 g/mol. The van der Waals surface area contributed by atoms with Crippen molar-refractivity contribution in [3.05, 3.63) is 53.6 Å². The molecule has 1 aliphatic rings. The third-order valence-electron chi connectivity index (χ3n) is 5.00. The summed E-state index contributed by atoms with van der Waals surface area (Å²) in [6.45, 7) is 3.47. The number of piperazine rings is 1. The van der Waals surface area contributed by atoms with E-state index < -0.39 is 10.0 Å². The van der Waals surface area contributed by atoms with Gasteiger partial charge in [0.1, 0.15) is 0 Å². The minimum atomic E-state index is -3.59. The predicted molar refractivity (Wildman–Crippen MR) is 118 cm³/mol. The Morgan fingerprint density at radius 2 is 1.79 bits per heavy atom. The molecular formula is C20H24ClN3O3S2. The van der Waals surface area contributed by atoms with Gasteiger partial charge < -0.3 is 5.32 Å². The molecule has 1 aliphatic heterocycles. The first kappa shape index (κ1) is 22.1. The molecule has 0 radical (unpaired) electrons. The second-order valence-electron chi connectivity index (χ2n) is 6.76. The molecule has 1 unspecified atom stereocenters. The number of halogens is 1. The number of hydrogen-bond acceptors (Lipinski definition) is 5. The third-order valence-corrected chi connectivity index (χ3v) is 7.92.